The fourth-order valence-corrected chi connectivity index (χ4v) is 4.08. The Labute approximate surface area is 144 Å². The molecular formula is C16H16N2O3S2. The molecule has 0 unspecified atom stereocenters. The smallest absolute Gasteiger partial charge is 0.267 e. The molecule has 5 nitrogen and oxygen atoms in total. The highest BCUT2D eigenvalue weighted by Crippen LogP contribution is 2.43. The standard InChI is InChI=1S/C16H16N2O3S2/c1-17-11-7-4-3-6-10(11)12(14(17)19)13-15(20)18(16(22)23-13)8-5-9-21-2/h3-4,6-7H,5,8-9H2,1-2H3. The lowest BCUT2D eigenvalue weighted by Gasteiger charge is -2.13. The van der Waals surface area contributed by atoms with Crippen LogP contribution in [0.2, 0.25) is 0 Å². The summed E-state index contributed by atoms with van der Waals surface area (Å²) in [7, 11) is 3.34. The number of methoxy groups -OCH3 is 1. The minimum atomic E-state index is -0.190. The number of ether oxygens (including phenoxy) is 1. The van der Waals surface area contributed by atoms with E-state index in [4.69, 9.17) is 17.0 Å². The quantitative estimate of drug-likeness (QED) is 0.475. The van der Waals surface area contributed by atoms with Crippen LogP contribution in [0.1, 0.15) is 12.0 Å². The summed E-state index contributed by atoms with van der Waals surface area (Å²) in [6.07, 6.45) is 0.704. The van der Waals surface area contributed by atoms with E-state index in [1.807, 2.05) is 24.3 Å². The van der Waals surface area contributed by atoms with Gasteiger partial charge in [0.15, 0.2) is 0 Å². The molecule has 0 N–H and O–H groups in total. The molecule has 2 heterocycles. The van der Waals surface area contributed by atoms with Gasteiger partial charge in [-0.1, -0.05) is 42.2 Å². The van der Waals surface area contributed by atoms with E-state index >= 15 is 0 Å². The fourth-order valence-electron chi connectivity index (χ4n) is 2.70. The highest BCUT2D eigenvalue weighted by Gasteiger charge is 2.40. The molecule has 0 spiro atoms. The predicted molar refractivity (Wildman–Crippen MR) is 95.2 cm³/mol. The molecule has 1 aromatic carbocycles. The summed E-state index contributed by atoms with van der Waals surface area (Å²) in [5, 5.41) is 0. The molecule has 0 aliphatic carbocycles. The number of anilines is 1. The SMILES string of the molecule is COCCCN1C(=O)C(=C2C(=O)N(C)c3ccccc32)SC1=S. The Hall–Kier alpha value is -1.70. The number of hydrogen-bond acceptors (Lipinski definition) is 5. The molecule has 0 saturated carbocycles. The van der Waals surface area contributed by atoms with Crippen molar-refractivity contribution < 1.29 is 14.3 Å². The zero-order chi connectivity index (χ0) is 16.6. The van der Waals surface area contributed by atoms with Crippen LogP contribution >= 0.6 is 24.0 Å². The molecule has 0 atom stereocenters. The Morgan fingerprint density at radius 2 is 1.96 bits per heavy atom. The predicted octanol–water partition coefficient (Wildman–Crippen LogP) is 2.27. The van der Waals surface area contributed by atoms with Crippen LogP contribution in [0.5, 0.6) is 0 Å². The summed E-state index contributed by atoms with van der Waals surface area (Å²) >= 11 is 6.52. The first-order valence-corrected chi connectivity index (χ1v) is 8.43. The van der Waals surface area contributed by atoms with Gasteiger partial charge in [-0.3, -0.25) is 14.5 Å². The van der Waals surface area contributed by atoms with Crippen molar-refractivity contribution in [3.8, 4) is 0 Å². The van der Waals surface area contributed by atoms with Crippen molar-refractivity contribution >= 4 is 51.4 Å². The minimum absolute atomic E-state index is 0.163. The van der Waals surface area contributed by atoms with Crippen LogP contribution < -0.4 is 4.90 Å². The molecule has 3 rings (SSSR count). The van der Waals surface area contributed by atoms with Crippen molar-refractivity contribution in [1.29, 1.82) is 0 Å². The highest BCUT2D eigenvalue weighted by molar-refractivity contribution is 8.26. The Morgan fingerprint density at radius 1 is 1.22 bits per heavy atom. The molecule has 7 heteroatoms. The van der Waals surface area contributed by atoms with Gasteiger partial charge in [0, 0.05) is 32.9 Å². The second-order valence-corrected chi connectivity index (χ2v) is 6.90. The van der Waals surface area contributed by atoms with E-state index in [0.717, 1.165) is 11.3 Å². The second-order valence-electron chi connectivity index (χ2n) is 5.26. The van der Waals surface area contributed by atoms with Crippen LogP contribution in [-0.2, 0) is 14.3 Å². The van der Waals surface area contributed by atoms with Crippen molar-refractivity contribution in [2.24, 2.45) is 0 Å². The Balaban J connectivity index is 1.98. The number of nitrogens with zero attached hydrogens (tertiary/aromatic N) is 2. The van der Waals surface area contributed by atoms with E-state index < -0.39 is 0 Å². The summed E-state index contributed by atoms with van der Waals surface area (Å²) in [6, 6.07) is 7.48. The first-order valence-electron chi connectivity index (χ1n) is 7.20. The molecule has 2 aliphatic rings. The largest absolute Gasteiger partial charge is 0.385 e. The molecule has 120 valence electrons. The maximum atomic E-state index is 12.7. The van der Waals surface area contributed by atoms with Crippen LogP contribution in [0.4, 0.5) is 5.69 Å². The number of benzene rings is 1. The van der Waals surface area contributed by atoms with Gasteiger partial charge in [-0.25, -0.2) is 0 Å². The number of amides is 2. The molecule has 2 aliphatic heterocycles. The second kappa shape index (κ2) is 6.43. The molecule has 0 bridgehead atoms. The maximum absolute atomic E-state index is 12.7. The van der Waals surface area contributed by atoms with Crippen molar-refractivity contribution in [3.05, 3.63) is 34.7 Å². The van der Waals surface area contributed by atoms with Gasteiger partial charge in [0.05, 0.1) is 16.2 Å². The van der Waals surface area contributed by atoms with Gasteiger partial charge in [0.25, 0.3) is 11.8 Å². The molecule has 1 saturated heterocycles. The van der Waals surface area contributed by atoms with Crippen LogP contribution in [0.3, 0.4) is 0 Å². The van der Waals surface area contributed by atoms with E-state index in [-0.39, 0.29) is 11.8 Å². The van der Waals surface area contributed by atoms with Crippen LogP contribution in [-0.4, -0.2) is 48.3 Å². The lowest BCUT2D eigenvalue weighted by Crippen LogP contribution is -2.30. The summed E-state index contributed by atoms with van der Waals surface area (Å²) in [5.41, 5.74) is 2.06. The summed E-state index contributed by atoms with van der Waals surface area (Å²) < 4.78 is 5.51. The first kappa shape index (κ1) is 16.2. The van der Waals surface area contributed by atoms with E-state index in [2.05, 4.69) is 0 Å². The molecule has 0 aromatic heterocycles. The number of hydrogen-bond donors (Lipinski definition) is 0. The number of para-hydroxylation sites is 1. The topological polar surface area (TPSA) is 49.9 Å². The van der Waals surface area contributed by atoms with Gasteiger partial charge in [-0.2, -0.15) is 0 Å². The number of carbonyl (C=O) groups excluding carboxylic acids is 2. The van der Waals surface area contributed by atoms with Gasteiger partial charge in [-0.05, 0) is 12.5 Å². The van der Waals surface area contributed by atoms with Gasteiger partial charge in [0.2, 0.25) is 0 Å². The number of likely N-dealkylation sites (N-methyl/N-ethyl adjacent to an activating group) is 1. The lowest BCUT2D eigenvalue weighted by molar-refractivity contribution is -0.122. The molecule has 2 amide bonds. The number of rotatable bonds is 4. The third-order valence-electron chi connectivity index (χ3n) is 3.86. The van der Waals surface area contributed by atoms with Crippen LogP contribution in [0.25, 0.3) is 5.57 Å². The average Bonchev–Trinajstić information content (AvgIpc) is 2.96. The van der Waals surface area contributed by atoms with Gasteiger partial charge >= 0.3 is 0 Å². The third-order valence-corrected chi connectivity index (χ3v) is 5.31. The fraction of sp³-hybridized carbons (Fsp3) is 0.312. The number of fused-ring (bicyclic) bond motifs is 1. The van der Waals surface area contributed by atoms with Crippen molar-refractivity contribution in [2.45, 2.75) is 6.42 Å². The number of carbonyl (C=O) groups is 2. The Bertz CT molecular complexity index is 730. The van der Waals surface area contributed by atoms with Crippen LogP contribution in [0, 0.1) is 0 Å². The Kier molecular flexibility index (Phi) is 4.52. The summed E-state index contributed by atoms with van der Waals surface area (Å²) in [6.45, 7) is 1.06. The van der Waals surface area contributed by atoms with Crippen molar-refractivity contribution in [2.75, 3.05) is 32.2 Å². The maximum Gasteiger partial charge on any atom is 0.267 e. The molecule has 23 heavy (non-hydrogen) atoms. The van der Waals surface area contributed by atoms with Gasteiger partial charge in [-0.15, -0.1) is 0 Å². The van der Waals surface area contributed by atoms with E-state index in [1.54, 1.807) is 24.0 Å². The molecule has 1 fully saturated rings. The Morgan fingerprint density at radius 3 is 2.70 bits per heavy atom. The van der Waals surface area contributed by atoms with Gasteiger partial charge in [0.1, 0.15) is 4.32 Å². The van der Waals surface area contributed by atoms with E-state index in [0.29, 0.717) is 34.4 Å². The van der Waals surface area contributed by atoms with E-state index in [1.165, 1.54) is 11.8 Å². The molecule has 0 radical (unpaired) electrons. The zero-order valence-corrected chi connectivity index (χ0v) is 14.5. The molecule has 1 aromatic rings. The summed E-state index contributed by atoms with van der Waals surface area (Å²) in [5.74, 6) is -0.354. The van der Waals surface area contributed by atoms with Crippen molar-refractivity contribution in [1.82, 2.24) is 4.90 Å². The summed E-state index contributed by atoms with van der Waals surface area (Å²) in [4.78, 5) is 28.8. The highest BCUT2D eigenvalue weighted by atomic mass is 32.2. The monoisotopic (exact) mass is 348 g/mol. The zero-order valence-electron chi connectivity index (χ0n) is 12.9. The normalized spacial score (nSPS) is 20.7. The number of thioether (sulfide) groups is 1. The first-order chi connectivity index (χ1) is 11.1. The average molecular weight is 348 g/mol. The van der Waals surface area contributed by atoms with Gasteiger partial charge < -0.3 is 9.64 Å². The van der Waals surface area contributed by atoms with Crippen LogP contribution in [0.15, 0.2) is 29.2 Å². The lowest BCUT2D eigenvalue weighted by atomic mass is 10.1. The van der Waals surface area contributed by atoms with Crippen molar-refractivity contribution in [3.63, 3.8) is 0 Å². The van der Waals surface area contributed by atoms with E-state index in [9.17, 15) is 9.59 Å². The minimum Gasteiger partial charge on any atom is -0.385 e. The third kappa shape index (κ3) is 2.69. The number of thiocarbonyl (C=S) groups is 1. The molecular weight excluding hydrogens is 332 g/mol.